The number of anilines is 1. The first kappa shape index (κ1) is 36.4. The van der Waals surface area contributed by atoms with Crippen LogP contribution in [-0.2, 0) is 16.0 Å². The molecule has 4 aliphatic carbocycles. The second-order valence-corrected chi connectivity index (χ2v) is 17.2. The molecule has 1 aliphatic heterocycles. The highest BCUT2D eigenvalue weighted by Crippen LogP contribution is 2.74. The largest absolute Gasteiger partial charge is 0.453 e. The number of halogens is 5. The molecule has 1 saturated heterocycles. The monoisotopic (exact) mass is 714 g/mol. The fraction of sp³-hybridized carbons (Fsp3) is 0.610. The third-order valence-corrected chi connectivity index (χ3v) is 13.5. The number of ether oxygens (including phenoxy) is 2. The Labute approximate surface area is 298 Å². The molecular formula is C41H51F5N2O3. The third-order valence-electron chi connectivity index (χ3n) is 13.5. The Morgan fingerprint density at radius 3 is 2.22 bits per heavy atom. The molecule has 0 aromatic heterocycles. The fourth-order valence-corrected chi connectivity index (χ4v) is 10.4. The van der Waals surface area contributed by atoms with Crippen molar-refractivity contribution >= 4 is 5.69 Å². The van der Waals surface area contributed by atoms with Gasteiger partial charge in [0.15, 0.2) is 5.79 Å². The van der Waals surface area contributed by atoms with E-state index >= 15 is 8.78 Å². The summed E-state index contributed by atoms with van der Waals surface area (Å²) < 4.78 is 86.6. The van der Waals surface area contributed by atoms with Crippen LogP contribution in [0.15, 0.2) is 78.1 Å². The van der Waals surface area contributed by atoms with Gasteiger partial charge in [-0.1, -0.05) is 82.3 Å². The van der Waals surface area contributed by atoms with E-state index in [4.69, 9.17) is 9.47 Å². The van der Waals surface area contributed by atoms with Crippen LogP contribution in [0.4, 0.5) is 27.6 Å². The van der Waals surface area contributed by atoms with E-state index in [0.717, 1.165) is 28.0 Å². The maximum absolute atomic E-state index is 15.7. The zero-order valence-electron chi connectivity index (χ0n) is 30.1. The molecule has 1 heterocycles. The van der Waals surface area contributed by atoms with Crippen LogP contribution in [0.5, 0.6) is 0 Å². The van der Waals surface area contributed by atoms with Gasteiger partial charge in [0.2, 0.25) is 0 Å². The van der Waals surface area contributed by atoms with E-state index in [2.05, 4.69) is 31.1 Å². The second-order valence-electron chi connectivity index (χ2n) is 17.2. The summed E-state index contributed by atoms with van der Waals surface area (Å²) >= 11 is 0. The number of hydrogen-bond acceptors (Lipinski definition) is 5. The van der Waals surface area contributed by atoms with Crippen molar-refractivity contribution in [3.05, 3.63) is 89.3 Å². The smallest absolute Gasteiger partial charge is 0.385 e. The molecule has 7 rings (SSSR count). The van der Waals surface area contributed by atoms with Crippen LogP contribution in [0.1, 0.15) is 96.1 Å². The fourth-order valence-electron chi connectivity index (χ4n) is 10.4. The highest BCUT2D eigenvalue weighted by atomic mass is 19.4. The van der Waals surface area contributed by atoms with Gasteiger partial charge < -0.3 is 25.2 Å². The number of rotatable bonds is 7. The quantitative estimate of drug-likeness (QED) is 0.197. The number of hydrogen-bond donors (Lipinski definition) is 3. The van der Waals surface area contributed by atoms with Gasteiger partial charge in [-0.05, 0) is 84.6 Å². The summed E-state index contributed by atoms with van der Waals surface area (Å²) in [6.45, 7) is 12.6. The summed E-state index contributed by atoms with van der Waals surface area (Å²) in [5.74, 6) is -6.09. The predicted molar refractivity (Wildman–Crippen MR) is 187 cm³/mol. The number of allylic oxidation sites excluding steroid dienone is 1. The molecule has 6 atom stereocenters. The normalized spacial score (nSPS) is 34.4. The van der Waals surface area contributed by atoms with Gasteiger partial charge in [0.05, 0.1) is 24.6 Å². The maximum atomic E-state index is 15.7. The van der Waals surface area contributed by atoms with Crippen LogP contribution in [-0.4, -0.2) is 41.8 Å². The van der Waals surface area contributed by atoms with Crippen LogP contribution in [0.25, 0.3) is 0 Å². The van der Waals surface area contributed by atoms with Crippen LogP contribution in [0, 0.1) is 28.1 Å². The molecule has 4 fully saturated rings. The molecule has 0 bridgehead atoms. The standard InChI is InChI=1S/C41H51F5N2O3/c1-26(48-29-9-7-6-8-10-29)47-22-27-11-13-28(14-12-27)31-21-36(4)32(16-18-37(36,5)40(42,43)41(44,45)46)30-15-19-38(49)23-39(20-17-33(38)34(30)31)50-24-35(2,3)25-51-39/h6-14,30-32,47-49H,1,15-25H2,2-5H3/t30?,31-,32?,36+,37?,38?/m1/s1. The summed E-state index contributed by atoms with van der Waals surface area (Å²) in [6, 6.07) is 17.6. The molecule has 1 spiro atoms. The van der Waals surface area contributed by atoms with Crippen molar-refractivity contribution in [2.75, 3.05) is 18.5 Å². The highest BCUT2D eigenvalue weighted by molar-refractivity contribution is 5.47. The Balaban J connectivity index is 1.23. The number of fused-ring (bicyclic) bond motifs is 4. The zero-order chi connectivity index (χ0) is 36.7. The van der Waals surface area contributed by atoms with Gasteiger partial charge in [0.1, 0.15) is 0 Å². The van der Waals surface area contributed by atoms with Gasteiger partial charge in [0.25, 0.3) is 0 Å². The molecule has 5 nitrogen and oxygen atoms in total. The van der Waals surface area contributed by atoms with Crippen LogP contribution < -0.4 is 10.6 Å². The Hall–Kier alpha value is -2.95. The van der Waals surface area contributed by atoms with Gasteiger partial charge in [-0.3, -0.25) is 0 Å². The van der Waals surface area contributed by atoms with Gasteiger partial charge in [-0.2, -0.15) is 22.0 Å². The van der Waals surface area contributed by atoms with E-state index in [9.17, 15) is 18.3 Å². The van der Waals surface area contributed by atoms with Crippen LogP contribution in [0.3, 0.4) is 0 Å². The summed E-state index contributed by atoms with van der Waals surface area (Å²) in [5, 5.41) is 19.0. The minimum atomic E-state index is -5.65. The topological polar surface area (TPSA) is 62.8 Å². The molecule has 0 amide bonds. The van der Waals surface area contributed by atoms with E-state index < -0.39 is 40.2 Å². The first-order valence-electron chi connectivity index (χ1n) is 18.3. The number of aliphatic hydroxyl groups is 1. The molecule has 278 valence electrons. The first-order chi connectivity index (χ1) is 23.8. The molecule has 5 aliphatic rings. The number of nitrogens with one attached hydrogen (secondary N) is 2. The number of alkyl halides is 5. The van der Waals surface area contributed by atoms with Crippen molar-refractivity contribution in [1.29, 1.82) is 0 Å². The second kappa shape index (κ2) is 12.3. The summed E-state index contributed by atoms with van der Waals surface area (Å²) in [4.78, 5) is 0. The summed E-state index contributed by atoms with van der Waals surface area (Å²) in [7, 11) is 0. The van der Waals surface area contributed by atoms with Crippen molar-refractivity contribution in [2.45, 2.75) is 115 Å². The van der Waals surface area contributed by atoms with Gasteiger partial charge in [0, 0.05) is 41.8 Å². The minimum Gasteiger partial charge on any atom is -0.385 e. The molecule has 3 saturated carbocycles. The Kier molecular flexibility index (Phi) is 8.78. The third kappa shape index (κ3) is 6.01. The lowest BCUT2D eigenvalue weighted by atomic mass is 9.47. The molecule has 3 N–H and O–H groups in total. The first-order valence-corrected chi connectivity index (χ1v) is 18.3. The Morgan fingerprint density at radius 1 is 0.902 bits per heavy atom. The Bertz CT molecular complexity index is 1660. The lowest BCUT2D eigenvalue weighted by molar-refractivity contribution is -0.342. The van der Waals surface area contributed by atoms with E-state index in [-0.39, 0.29) is 36.5 Å². The van der Waals surface area contributed by atoms with E-state index in [1.165, 1.54) is 6.92 Å². The van der Waals surface area contributed by atoms with Gasteiger partial charge >= 0.3 is 12.1 Å². The van der Waals surface area contributed by atoms with Crippen LogP contribution in [0.2, 0.25) is 0 Å². The van der Waals surface area contributed by atoms with Crippen molar-refractivity contribution in [1.82, 2.24) is 5.32 Å². The lowest BCUT2D eigenvalue weighted by Crippen LogP contribution is -2.60. The lowest BCUT2D eigenvalue weighted by Gasteiger charge is -2.59. The average molecular weight is 715 g/mol. The molecular weight excluding hydrogens is 663 g/mol. The highest BCUT2D eigenvalue weighted by Gasteiger charge is 2.77. The van der Waals surface area contributed by atoms with E-state index in [1.807, 2.05) is 54.6 Å². The van der Waals surface area contributed by atoms with Gasteiger partial charge in [-0.25, -0.2) is 0 Å². The molecule has 2 aromatic carbocycles. The van der Waals surface area contributed by atoms with Crippen molar-refractivity contribution in [3.63, 3.8) is 0 Å². The molecule has 4 unspecified atom stereocenters. The number of benzene rings is 2. The molecule has 10 heteroatoms. The summed E-state index contributed by atoms with van der Waals surface area (Å²) in [5.41, 5.74) is -0.203. The Morgan fingerprint density at radius 2 is 1.57 bits per heavy atom. The van der Waals surface area contributed by atoms with E-state index in [1.54, 1.807) is 6.92 Å². The van der Waals surface area contributed by atoms with Gasteiger partial charge in [-0.15, -0.1) is 0 Å². The molecule has 2 aromatic rings. The van der Waals surface area contributed by atoms with Crippen LogP contribution >= 0.6 is 0 Å². The van der Waals surface area contributed by atoms with Crippen molar-refractivity contribution < 1.29 is 36.5 Å². The SMILES string of the molecule is C=C(NCc1ccc([C@H]2C[C@@]3(C)C(CCC3(C)C(F)(F)C(F)(F)F)C3CCC4(O)CC5(CCC4=C32)OCC(C)(C)CO5)cc1)Nc1ccccc1. The number of para-hydroxylation sites is 1. The maximum Gasteiger partial charge on any atom is 0.453 e. The van der Waals surface area contributed by atoms with Crippen molar-refractivity contribution in [3.8, 4) is 0 Å². The molecule has 51 heavy (non-hydrogen) atoms. The van der Waals surface area contributed by atoms with Crippen molar-refractivity contribution in [2.24, 2.45) is 28.1 Å². The minimum absolute atomic E-state index is 0.135. The predicted octanol–water partition coefficient (Wildman–Crippen LogP) is 9.86. The average Bonchev–Trinajstić information content (AvgIpc) is 3.36. The molecule has 0 radical (unpaired) electrons. The van der Waals surface area contributed by atoms with E-state index in [0.29, 0.717) is 57.7 Å². The zero-order valence-corrected chi connectivity index (χ0v) is 30.1. The summed E-state index contributed by atoms with van der Waals surface area (Å²) in [6.07, 6.45) is -3.14.